The molecule has 2 N–H and O–H groups in total. The molecule has 0 unspecified atom stereocenters. The molecule has 0 aromatic heterocycles. The lowest BCUT2D eigenvalue weighted by molar-refractivity contribution is -0.122. The zero-order chi connectivity index (χ0) is 21.7. The number of likely N-dealkylation sites (N-methyl/N-ethyl adjacent to an activating group) is 1. The lowest BCUT2D eigenvalue weighted by atomic mass is 10.1. The van der Waals surface area contributed by atoms with Crippen molar-refractivity contribution in [1.29, 1.82) is 0 Å². The number of rotatable bonds is 7. The summed E-state index contributed by atoms with van der Waals surface area (Å²) in [5, 5.41) is 7.76. The van der Waals surface area contributed by atoms with Crippen LogP contribution in [0.15, 0.2) is 66.7 Å². The van der Waals surface area contributed by atoms with Gasteiger partial charge in [-0.25, -0.2) is 0 Å². The van der Waals surface area contributed by atoms with Gasteiger partial charge in [-0.15, -0.1) is 0 Å². The van der Waals surface area contributed by atoms with Gasteiger partial charge >= 0.3 is 0 Å². The topological polar surface area (TPSA) is 78.5 Å². The Balaban J connectivity index is 1.58. The highest BCUT2D eigenvalue weighted by molar-refractivity contribution is 6.03. The molecule has 30 heavy (non-hydrogen) atoms. The number of hydrogen-bond acceptors (Lipinski definition) is 4. The number of ketones is 1. The van der Waals surface area contributed by atoms with Crippen LogP contribution in [0.1, 0.15) is 24.2 Å². The zero-order valence-electron chi connectivity index (χ0n) is 17.3. The molecule has 154 valence electrons. The number of fused-ring (bicyclic) bond motifs is 1. The van der Waals surface area contributed by atoms with Crippen LogP contribution in [0.2, 0.25) is 0 Å². The minimum absolute atomic E-state index is 0.0295. The van der Waals surface area contributed by atoms with Gasteiger partial charge in [-0.3, -0.25) is 19.3 Å². The Hall–Kier alpha value is -3.51. The second kappa shape index (κ2) is 9.33. The van der Waals surface area contributed by atoms with E-state index in [9.17, 15) is 14.4 Å². The summed E-state index contributed by atoms with van der Waals surface area (Å²) in [6.07, 6.45) is 0. The second-order valence-electron chi connectivity index (χ2n) is 7.29. The summed E-state index contributed by atoms with van der Waals surface area (Å²) in [5.74, 6) is -0.455. The van der Waals surface area contributed by atoms with E-state index < -0.39 is 6.04 Å². The van der Waals surface area contributed by atoms with E-state index >= 15 is 0 Å². The minimum Gasteiger partial charge on any atom is -0.325 e. The molecule has 0 fully saturated rings. The fourth-order valence-corrected chi connectivity index (χ4v) is 3.12. The molecule has 0 saturated carbocycles. The van der Waals surface area contributed by atoms with Crippen LogP contribution in [-0.2, 0) is 9.59 Å². The molecular formula is C24H25N3O3. The molecule has 0 bridgehead atoms. The molecule has 0 heterocycles. The standard InChI is InChI=1S/C24H25N3O3/c1-16(24(30)25-20-13-11-18(12-14-20)17(2)28)27(3)15-23(29)26-22-10-6-8-19-7-4-5-9-21(19)22/h4-14,16H,15H2,1-3H3,(H,25,30)(H,26,29)/t16-/m0/s1. The smallest absolute Gasteiger partial charge is 0.241 e. The van der Waals surface area contributed by atoms with Crippen molar-refractivity contribution in [2.24, 2.45) is 0 Å². The molecule has 3 aromatic carbocycles. The number of carbonyl (C=O) groups excluding carboxylic acids is 3. The van der Waals surface area contributed by atoms with Gasteiger partial charge in [-0.2, -0.15) is 0 Å². The number of benzene rings is 3. The maximum absolute atomic E-state index is 12.5. The molecule has 6 heteroatoms. The number of nitrogens with one attached hydrogen (secondary N) is 2. The van der Waals surface area contributed by atoms with Crippen LogP contribution >= 0.6 is 0 Å². The van der Waals surface area contributed by atoms with Crippen molar-refractivity contribution in [1.82, 2.24) is 4.90 Å². The van der Waals surface area contributed by atoms with Gasteiger partial charge in [0.2, 0.25) is 11.8 Å². The zero-order valence-corrected chi connectivity index (χ0v) is 17.3. The number of amides is 2. The van der Waals surface area contributed by atoms with E-state index in [0.717, 1.165) is 16.5 Å². The molecule has 3 aromatic rings. The summed E-state index contributed by atoms with van der Waals surface area (Å²) in [7, 11) is 1.73. The molecule has 0 aliphatic carbocycles. The van der Waals surface area contributed by atoms with Crippen LogP contribution in [0.5, 0.6) is 0 Å². The van der Waals surface area contributed by atoms with E-state index in [1.807, 2.05) is 42.5 Å². The van der Waals surface area contributed by atoms with Gasteiger partial charge in [-0.05, 0) is 56.6 Å². The quantitative estimate of drug-likeness (QED) is 0.586. The third-order valence-electron chi connectivity index (χ3n) is 5.06. The van der Waals surface area contributed by atoms with Crippen LogP contribution in [0.25, 0.3) is 10.8 Å². The Bertz CT molecular complexity index is 1070. The van der Waals surface area contributed by atoms with Crippen molar-refractivity contribution >= 4 is 39.7 Å². The van der Waals surface area contributed by atoms with Crippen LogP contribution in [0, 0.1) is 0 Å². The lowest BCUT2D eigenvalue weighted by Crippen LogP contribution is -2.43. The maximum atomic E-state index is 12.5. The monoisotopic (exact) mass is 403 g/mol. The summed E-state index contributed by atoms with van der Waals surface area (Å²) >= 11 is 0. The van der Waals surface area contributed by atoms with Gasteiger partial charge in [0.1, 0.15) is 0 Å². The Morgan fingerprint density at radius 1 is 0.900 bits per heavy atom. The van der Waals surface area contributed by atoms with Crippen molar-refractivity contribution in [3.8, 4) is 0 Å². The van der Waals surface area contributed by atoms with Crippen molar-refractivity contribution in [3.05, 3.63) is 72.3 Å². The summed E-state index contributed by atoms with van der Waals surface area (Å²) in [6.45, 7) is 3.31. The molecule has 3 rings (SSSR count). The first-order valence-corrected chi connectivity index (χ1v) is 9.75. The van der Waals surface area contributed by atoms with Crippen LogP contribution in [0.3, 0.4) is 0 Å². The van der Waals surface area contributed by atoms with Crippen LogP contribution in [0.4, 0.5) is 11.4 Å². The van der Waals surface area contributed by atoms with Gasteiger partial charge in [0.05, 0.1) is 12.6 Å². The van der Waals surface area contributed by atoms with Gasteiger partial charge in [0.25, 0.3) is 0 Å². The normalized spacial score (nSPS) is 11.9. The molecule has 0 aliphatic rings. The Kier molecular flexibility index (Phi) is 6.59. The average Bonchev–Trinajstić information content (AvgIpc) is 2.73. The maximum Gasteiger partial charge on any atom is 0.241 e. The fourth-order valence-electron chi connectivity index (χ4n) is 3.12. The number of nitrogens with zero attached hydrogens (tertiary/aromatic N) is 1. The van der Waals surface area contributed by atoms with E-state index in [1.54, 1.807) is 43.1 Å². The fraction of sp³-hybridized carbons (Fsp3) is 0.208. The lowest BCUT2D eigenvalue weighted by Gasteiger charge is -2.23. The van der Waals surface area contributed by atoms with E-state index in [-0.39, 0.29) is 24.1 Å². The Labute approximate surface area is 175 Å². The van der Waals surface area contributed by atoms with Gasteiger partial charge < -0.3 is 10.6 Å². The molecule has 2 amide bonds. The van der Waals surface area contributed by atoms with E-state index in [0.29, 0.717) is 11.3 Å². The first-order valence-electron chi connectivity index (χ1n) is 9.75. The molecule has 0 radical (unpaired) electrons. The van der Waals surface area contributed by atoms with Crippen LogP contribution < -0.4 is 10.6 Å². The largest absolute Gasteiger partial charge is 0.325 e. The van der Waals surface area contributed by atoms with Gasteiger partial charge in [-0.1, -0.05) is 36.4 Å². The predicted molar refractivity (Wildman–Crippen MR) is 120 cm³/mol. The van der Waals surface area contributed by atoms with Crippen molar-refractivity contribution in [3.63, 3.8) is 0 Å². The summed E-state index contributed by atoms with van der Waals surface area (Å²) < 4.78 is 0. The highest BCUT2D eigenvalue weighted by atomic mass is 16.2. The highest BCUT2D eigenvalue weighted by Gasteiger charge is 2.20. The highest BCUT2D eigenvalue weighted by Crippen LogP contribution is 2.22. The van der Waals surface area contributed by atoms with Crippen LogP contribution in [-0.4, -0.2) is 42.1 Å². The summed E-state index contributed by atoms with van der Waals surface area (Å²) in [5.41, 5.74) is 1.93. The minimum atomic E-state index is -0.518. The third kappa shape index (κ3) is 5.10. The first-order chi connectivity index (χ1) is 14.3. The summed E-state index contributed by atoms with van der Waals surface area (Å²) in [4.78, 5) is 38.1. The molecule has 0 aliphatic heterocycles. The van der Waals surface area contributed by atoms with Gasteiger partial charge in [0, 0.05) is 22.3 Å². The third-order valence-corrected chi connectivity index (χ3v) is 5.06. The van der Waals surface area contributed by atoms with Crippen molar-refractivity contribution < 1.29 is 14.4 Å². The molecular weight excluding hydrogens is 378 g/mol. The molecule has 6 nitrogen and oxygen atoms in total. The Morgan fingerprint density at radius 3 is 2.27 bits per heavy atom. The van der Waals surface area contributed by atoms with Gasteiger partial charge in [0.15, 0.2) is 5.78 Å². The number of carbonyl (C=O) groups is 3. The molecule has 1 atom stereocenters. The molecule has 0 spiro atoms. The second-order valence-corrected chi connectivity index (χ2v) is 7.29. The van der Waals surface area contributed by atoms with E-state index in [1.165, 1.54) is 6.92 Å². The first kappa shape index (κ1) is 21.2. The SMILES string of the molecule is CC(=O)c1ccc(NC(=O)[C@H](C)N(C)CC(=O)Nc2cccc3ccccc23)cc1. The predicted octanol–water partition coefficient (Wildman–Crippen LogP) is 3.94. The van der Waals surface area contributed by atoms with Crippen molar-refractivity contribution in [2.75, 3.05) is 24.2 Å². The van der Waals surface area contributed by atoms with E-state index in [4.69, 9.17) is 0 Å². The number of anilines is 2. The summed E-state index contributed by atoms with van der Waals surface area (Å²) in [6, 6.07) is 19.8. The molecule has 0 saturated heterocycles. The van der Waals surface area contributed by atoms with Crippen molar-refractivity contribution in [2.45, 2.75) is 19.9 Å². The number of Topliss-reactive ketones (excluding diaryl/α,β-unsaturated/α-hetero) is 1. The average molecular weight is 403 g/mol. The Morgan fingerprint density at radius 2 is 1.57 bits per heavy atom. The van der Waals surface area contributed by atoms with E-state index in [2.05, 4.69) is 10.6 Å². The number of hydrogen-bond donors (Lipinski definition) is 2.